The van der Waals surface area contributed by atoms with Gasteiger partial charge >= 0.3 is 0 Å². The van der Waals surface area contributed by atoms with Crippen molar-refractivity contribution in [2.75, 3.05) is 6.61 Å². The summed E-state index contributed by atoms with van der Waals surface area (Å²) in [6, 6.07) is 14.6. The van der Waals surface area contributed by atoms with E-state index in [2.05, 4.69) is 29.1 Å². The molecule has 0 radical (unpaired) electrons. The van der Waals surface area contributed by atoms with Crippen LogP contribution in [0.5, 0.6) is 17.2 Å². The number of fused-ring (bicyclic) bond motifs is 3. The van der Waals surface area contributed by atoms with E-state index >= 15 is 0 Å². The lowest BCUT2D eigenvalue weighted by molar-refractivity contribution is -0.307. The first-order chi connectivity index (χ1) is 24.8. The third-order valence-electron chi connectivity index (χ3n) is 9.53. The number of hydrogen-bond donors (Lipinski definition) is 4. The maximum Gasteiger partial charge on any atom is 0.161 e. The first-order valence-corrected chi connectivity index (χ1v) is 17.7. The number of unbranched alkanes of at least 4 members (excludes halogenated alkanes) is 3. The SMILES string of the molecule is CCCCC/C=C/C(=O)CCc1ccc(O)c(OCCc2ccc(O)c([C@@H]3CC([O-])=C4C=CN=C4CC#Cc4cc5c(cc43)C=CN[C@H]5N)c2)c1. The minimum Gasteiger partial charge on any atom is -0.875 e. The van der Waals surface area contributed by atoms with Crippen molar-refractivity contribution in [2.45, 2.75) is 76.8 Å². The van der Waals surface area contributed by atoms with Gasteiger partial charge in [-0.3, -0.25) is 9.79 Å². The highest BCUT2D eigenvalue weighted by atomic mass is 16.5. The second-order valence-electron chi connectivity index (χ2n) is 13.2. The summed E-state index contributed by atoms with van der Waals surface area (Å²) < 4.78 is 6.03. The molecule has 8 nitrogen and oxygen atoms in total. The molecule has 0 unspecified atom stereocenters. The molecule has 262 valence electrons. The Balaban J connectivity index is 1.21. The van der Waals surface area contributed by atoms with Gasteiger partial charge in [-0.1, -0.05) is 55.9 Å². The molecule has 51 heavy (non-hydrogen) atoms. The third kappa shape index (κ3) is 8.62. The van der Waals surface area contributed by atoms with Gasteiger partial charge in [0.25, 0.3) is 0 Å². The fourth-order valence-electron chi connectivity index (χ4n) is 6.69. The van der Waals surface area contributed by atoms with E-state index in [-0.39, 0.29) is 36.1 Å². The number of ketones is 1. The van der Waals surface area contributed by atoms with E-state index in [4.69, 9.17) is 10.5 Å². The Morgan fingerprint density at radius 3 is 2.71 bits per heavy atom. The zero-order valence-electron chi connectivity index (χ0n) is 29.0. The number of aromatic hydroxyl groups is 2. The molecule has 0 amide bonds. The first-order valence-electron chi connectivity index (χ1n) is 17.7. The van der Waals surface area contributed by atoms with Gasteiger partial charge in [-0.25, -0.2) is 0 Å². The van der Waals surface area contributed by atoms with Gasteiger partial charge in [0.15, 0.2) is 17.3 Å². The largest absolute Gasteiger partial charge is 0.875 e. The summed E-state index contributed by atoms with van der Waals surface area (Å²) in [4.78, 5) is 16.7. The number of nitrogens with zero attached hydrogens (tertiary/aromatic N) is 1. The molecule has 5 N–H and O–H groups in total. The molecular formula is C43H44N3O5-. The standard InChI is InChI=1S/C43H45N3O5/c1-2-3-4-5-6-9-32(47)14-11-28-13-16-40(49)42(24-28)51-22-19-29-12-15-39(48)37(23-29)36-27-41(50)33-18-21-45-38(33)10-7-8-30-26-35-31(25-34(30)36)17-20-46-43(35)44/h6,9,12-13,15-18,20-21,23-26,36,43,46,48-50H,2-5,10-11,14,19,22,27,44H2,1H3/p-1/b9-6+,41-33?/t36-,43-/m1/s1. The molecule has 0 fully saturated rings. The predicted molar refractivity (Wildman–Crippen MR) is 199 cm³/mol. The number of aliphatic imine (C=N–C) groups is 1. The molecule has 1 aliphatic carbocycles. The van der Waals surface area contributed by atoms with Crippen LogP contribution in [-0.2, 0) is 17.6 Å². The maximum absolute atomic E-state index is 13.8. The summed E-state index contributed by atoms with van der Waals surface area (Å²) >= 11 is 0. The summed E-state index contributed by atoms with van der Waals surface area (Å²) in [5.41, 5.74) is 13.4. The topological polar surface area (TPSA) is 140 Å². The highest BCUT2D eigenvalue weighted by Crippen LogP contribution is 2.40. The molecule has 2 heterocycles. The second kappa shape index (κ2) is 16.5. The smallest absolute Gasteiger partial charge is 0.161 e. The Labute approximate surface area is 299 Å². The van der Waals surface area contributed by atoms with Crippen LogP contribution in [0, 0.1) is 11.8 Å². The highest BCUT2D eigenvalue weighted by molar-refractivity contribution is 6.06. The Hall–Kier alpha value is -5.52. The summed E-state index contributed by atoms with van der Waals surface area (Å²) in [7, 11) is 0. The summed E-state index contributed by atoms with van der Waals surface area (Å²) in [6.07, 6.45) is 16.6. The van der Waals surface area contributed by atoms with E-state index in [1.807, 2.05) is 42.6 Å². The molecule has 3 aromatic carbocycles. The normalized spacial score (nSPS) is 17.6. The Morgan fingerprint density at radius 1 is 1.04 bits per heavy atom. The number of phenols is 2. The lowest BCUT2D eigenvalue weighted by Crippen LogP contribution is -2.27. The van der Waals surface area contributed by atoms with Crippen LogP contribution < -0.4 is 20.9 Å². The van der Waals surface area contributed by atoms with E-state index in [9.17, 15) is 20.1 Å². The first kappa shape index (κ1) is 35.3. The van der Waals surface area contributed by atoms with Crippen LogP contribution in [0.2, 0.25) is 0 Å². The van der Waals surface area contributed by atoms with Crippen LogP contribution >= 0.6 is 0 Å². The van der Waals surface area contributed by atoms with Gasteiger partial charge < -0.3 is 31.1 Å². The number of benzene rings is 3. The number of rotatable bonds is 13. The zero-order valence-corrected chi connectivity index (χ0v) is 29.0. The van der Waals surface area contributed by atoms with Crippen molar-refractivity contribution >= 4 is 17.6 Å². The van der Waals surface area contributed by atoms with Crippen LogP contribution in [0.4, 0.5) is 0 Å². The molecule has 0 saturated carbocycles. The fraction of sp³-hybridized carbons (Fsp3) is 0.302. The van der Waals surface area contributed by atoms with Crippen LogP contribution in [0.3, 0.4) is 0 Å². The quantitative estimate of drug-likeness (QED) is 0.0889. The molecule has 6 rings (SSSR count). The van der Waals surface area contributed by atoms with E-state index in [0.29, 0.717) is 48.3 Å². The minimum absolute atomic E-state index is 0.0266. The van der Waals surface area contributed by atoms with E-state index in [1.165, 1.54) is 0 Å². The molecule has 8 heteroatoms. The van der Waals surface area contributed by atoms with Gasteiger partial charge in [0.2, 0.25) is 0 Å². The lowest BCUT2D eigenvalue weighted by atomic mass is 9.80. The molecule has 0 aromatic heterocycles. The summed E-state index contributed by atoms with van der Waals surface area (Å²) in [5.74, 6) is 6.51. The Bertz CT molecular complexity index is 2010. The molecular weight excluding hydrogens is 638 g/mol. The molecule has 3 aromatic rings. The number of nitrogens with one attached hydrogen (secondary N) is 1. The molecule has 0 spiro atoms. The molecule has 0 bridgehead atoms. The van der Waals surface area contributed by atoms with Gasteiger partial charge in [-0.2, -0.15) is 0 Å². The van der Waals surface area contributed by atoms with Crippen molar-refractivity contribution in [3.8, 4) is 29.1 Å². The number of carbonyl (C=O) groups excluding carboxylic acids is 1. The van der Waals surface area contributed by atoms with Gasteiger partial charge in [0.05, 0.1) is 18.7 Å². The van der Waals surface area contributed by atoms with Crippen molar-refractivity contribution in [3.05, 3.63) is 129 Å². The van der Waals surface area contributed by atoms with Crippen LogP contribution in [0.25, 0.3) is 6.08 Å². The number of carbonyl (C=O) groups is 1. The number of nitrogens with two attached hydrogens (primary N) is 1. The summed E-state index contributed by atoms with van der Waals surface area (Å²) in [5, 5.41) is 38.7. The average molecular weight is 683 g/mol. The van der Waals surface area contributed by atoms with Gasteiger partial charge in [0.1, 0.15) is 11.9 Å². The number of phenolic OH excluding ortho intramolecular Hbond substituents is 2. The van der Waals surface area contributed by atoms with E-state index < -0.39 is 12.1 Å². The lowest BCUT2D eigenvalue weighted by Gasteiger charge is -2.29. The zero-order chi connectivity index (χ0) is 35.7. The molecule has 2 atom stereocenters. The Morgan fingerprint density at radius 2 is 1.86 bits per heavy atom. The monoisotopic (exact) mass is 682 g/mol. The van der Waals surface area contributed by atoms with Crippen LogP contribution in [0.1, 0.15) is 103 Å². The van der Waals surface area contributed by atoms with Gasteiger partial charge in [-0.05, 0) is 114 Å². The number of hydrogen-bond acceptors (Lipinski definition) is 8. The molecule has 2 aliphatic heterocycles. The van der Waals surface area contributed by atoms with Crippen molar-refractivity contribution < 1.29 is 24.9 Å². The van der Waals surface area contributed by atoms with E-state index in [0.717, 1.165) is 59.1 Å². The summed E-state index contributed by atoms with van der Waals surface area (Å²) in [6.45, 7) is 2.42. The van der Waals surface area contributed by atoms with Crippen molar-refractivity contribution in [1.29, 1.82) is 0 Å². The second-order valence-corrected chi connectivity index (χ2v) is 13.2. The van der Waals surface area contributed by atoms with Crippen molar-refractivity contribution in [3.63, 3.8) is 0 Å². The Kier molecular flexibility index (Phi) is 11.4. The predicted octanol–water partition coefficient (Wildman–Crippen LogP) is 6.75. The van der Waals surface area contributed by atoms with Crippen molar-refractivity contribution in [2.24, 2.45) is 10.7 Å². The van der Waals surface area contributed by atoms with E-state index in [1.54, 1.807) is 42.6 Å². The van der Waals surface area contributed by atoms with Gasteiger partial charge in [0, 0.05) is 36.1 Å². The highest BCUT2D eigenvalue weighted by Gasteiger charge is 2.25. The van der Waals surface area contributed by atoms with Crippen LogP contribution in [-0.4, -0.2) is 28.3 Å². The number of aryl methyl sites for hydroxylation is 1. The average Bonchev–Trinajstić information content (AvgIpc) is 3.60. The van der Waals surface area contributed by atoms with Crippen LogP contribution in [0.15, 0.2) is 95.5 Å². The minimum atomic E-state index is -0.497. The number of ether oxygens (including phenoxy) is 1. The van der Waals surface area contributed by atoms with Gasteiger partial charge in [-0.15, -0.1) is 5.76 Å². The van der Waals surface area contributed by atoms with Crippen molar-refractivity contribution in [1.82, 2.24) is 5.32 Å². The maximum atomic E-state index is 13.8. The molecule has 3 aliphatic rings. The number of allylic oxidation sites excluding steroid dienone is 5. The third-order valence-corrected chi connectivity index (χ3v) is 9.53. The fourth-order valence-corrected chi connectivity index (χ4v) is 6.69. The molecule has 0 saturated heterocycles.